The van der Waals surface area contributed by atoms with Gasteiger partial charge >= 0.3 is 5.69 Å². The zero-order valence-corrected chi connectivity index (χ0v) is 15.3. The molecular formula is C21H24N2O2. The van der Waals surface area contributed by atoms with Gasteiger partial charge in [0.15, 0.2) is 0 Å². The van der Waals surface area contributed by atoms with Crippen LogP contribution >= 0.6 is 0 Å². The van der Waals surface area contributed by atoms with E-state index >= 15 is 0 Å². The van der Waals surface area contributed by atoms with Gasteiger partial charge in [-0.05, 0) is 63.1 Å². The van der Waals surface area contributed by atoms with E-state index in [-0.39, 0.29) is 5.69 Å². The van der Waals surface area contributed by atoms with Crippen LogP contribution in [0.3, 0.4) is 0 Å². The predicted octanol–water partition coefficient (Wildman–Crippen LogP) is 4.30. The fraction of sp³-hybridized carbons (Fsp3) is 0.286. The van der Waals surface area contributed by atoms with Crippen molar-refractivity contribution in [3.05, 3.63) is 70.2 Å². The average Bonchev–Trinajstić information content (AvgIpc) is 2.81. The molecule has 4 nitrogen and oxygen atoms in total. The lowest BCUT2D eigenvalue weighted by Gasteiger charge is -2.08. The second kappa shape index (κ2) is 6.63. The number of rotatable bonds is 5. The van der Waals surface area contributed by atoms with E-state index in [1.54, 1.807) is 9.13 Å². The molecule has 3 aromatic rings. The second-order valence-electron chi connectivity index (χ2n) is 6.59. The van der Waals surface area contributed by atoms with E-state index in [4.69, 9.17) is 4.74 Å². The molecule has 0 atom stereocenters. The van der Waals surface area contributed by atoms with Crippen LogP contribution in [0, 0.1) is 20.8 Å². The quantitative estimate of drug-likeness (QED) is 0.696. The molecule has 2 aromatic carbocycles. The summed E-state index contributed by atoms with van der Waals surface area (Å²) in [7, 11) is 0. The number of imidazole rings is 1. The Bertz CT molecular complexity index is 991. The first kappa shape index (κ1) is 17.1. The highest BCUT2D eigenvalue weighted by Gasteiger charge is 2.15. The topological polar surface area (TPSA) is 36.2 Å². The monoisotopic (exact) mass is 336 g/mol. The van der Waals surface area contributed by atoms with E-state index in [1.807, 2.05) is 38.1 Å². The van der Waals surface area contributed by atoms with Gasteiger partial charge in [0, 0.05) is 5.70 Å². The van der Waals surface area contributed by atoms with Crippen LogP contribution in [-0.4, -0.2) is 15.7 Å². The molecule has 1 heterocycles. The van der Waals surface area contributed by atoms with Crippen molar-refractivity contribution in [1.82, 2.24) is 9.13 Å². The highest BCUT2D eigenvalue weighted by molar-refractivity contribution is 5.81. The van der Waals surface area contributed by atoms with Crippen LogP contribution in [0.25, 0.3) is 16.7 Å². The summed E-state index contributed by atoms with van der Waals surface area (Å²) < 4.78 is 9.24. The molecule has 0 aliphatic carbocycles. The van der Waals surface area contributed by atoms with Crippen molar-refractivity contribution in [2.24, 2.45) is 0 Å². The standard InChI is InChI=1S/C21H24N2O2/c1-14(2)23-20-13-17(5)16(4)12-19(20)22(21(23)24)10-11-25-18-8-6-15(3)7-9-18/h6-9,12-13H,1,10-11H2,2-5H3. The number of hydrogen-bond acceptors (Lipinski definition) is 2. The molecule has 0 N–H and O–H groups in total. The normalized spacial score (nSPS) is 11.0. The predicted molar refractivity (Wildman–Crippen MR) is 103 cm³/mol. The first-order valence-corrected chi connectivity index (χ1v) is 8.46. The Hall–Kier alpha value is -2.75. The highest BCUT2D eigenvalue weighted by atomic mass is 16.5. The van der Waals surface area contributed by atoms with Crippen LogP contribution in [0.1, 0.15) is 23.6 Å². The summed E-state index contributed by atoms with van der Waals surface area (Å²) in [5.74, 6) is 0.814. The Kier molecular flexibility index (Phi) is 4.53. The van der Waals surface area contributed by atoms with Crippen molar-refractivity contribution in [1.29, 1.82) is 0 Å². The third-order valence-electron chi connectivity index (χ3n) is 4.53. The van der Waals surface area contributed by atoms with Crippen molar-refractivity contribution >= 4 is 16.7 Å². The molecule has 0 aliphatic heterocycles. The Balaban J connectivity index is 1.94. The van der Waals surface area contributed by atoms with Crippen molar-refractivity contribution in [2.75, 3.05) is 6.61 Å². The molecule has 0 radical (unpaired) electrons. The van der Waals surface area contributed by atoms with Gasteiger partial charge in [0.2, 0.25) is 0 Å². The average molecular weight is 336 g/mol. The van der Waals surface area contributed by atoms with E-state index in [9.17, 15) is 4.79 Å². The maximum Gasteiger partial charge on any atom is 0.333 e. The Morgan fingerprint density at radius 3 is 2.24 bits per heavy atom. The van der Waals surface area contributed by atoms with Crippen LogP contribution in [-0.2, 0) is 6.54 Å². The van der Waals surface area contributed by atoms with E-state index < -0.39 is 0 Å². The first-order valence-electron chi connectivity index (χ1n) is 8.46. The molecular weight excluding hydrogens is 312 g/mol. The van der Waals surface area contributed by atoms with Gasteiger partial charge < -0.3 is 4.74 Å². The van der Waals surface area contributed by atoms with E-state index in [1.165, 1.54) is 11.1 Å². The van der Waals surface area contributed by atoms with Crippen molar-refractivity contribution in [3.63, 3.8) is 0 Å². The lowest BCUT2D eigenvalue weighted by atomic mass is 10.1. The van der Waals surface area contributed by atoms with Crippen LogP contribution in [0.15, 0.2) is 47.8 Å². The van der Waals surface area contributed by atoms with Crippen molar-refractivity contribution in [2.45, 2.75) is 34.2 Å². The number of allylic oxidation sites excluding steroid dienone is 1. The molecule has 130 valence electrons. The lowest BCUT2D eigenvalue weighted by Crippen LogP contribution is -2.25. The van der Waals surface area contributed by atoms with Gasteiger partial charge in [0.1, 0.15) is 12.4 Å². The van der Waals surface area contributed by atoms with Crippen LogP contribution < -0.4 is 10.4 Å². The van der Waals surface area contributed by atoms with Crippen LogP contribution in [0.2, 0.25) is 0 Å². The fourth-order valence-corrected chi connectivity index (χ4v) is 2.98. The first-order chi connectivity index (χ1) is 11.9. The number of aryl methyl sites for hydroxylation is 3. The number of hydrogen-bond donors (Lipinski definition) is 0. The Labute approximate surface area is 148 Å². The molecule has 0 unspecified atom stereocenters. The largest absolute Gasteiger partial charge is 0.492 e. The minimum Gasteiger partial charge on any atom is -0.492 e. The number of ether oxygens (including phenoxy) is 1. The summed E-state index contributed by atoms with van der Waals surface area (Å²) in [6, 6.07) is 12.0. The van der Waals surface area contributed by atoms with Crippen molar-refractivity contribution < 1.29 is 4.74 Å². The SMILES string of the molecule is C=C(C)n1c(=O)n(CCOc2ccc(C)cc2)c2cc(C)c(C)cc21. The molecule has 0 amide bonds. The molecule has 1 aromatic heterocycles. The smallest absolute Gasteiger partial charge is 0.333 e. The maximum absolute atomic E-state index is 12.8. The van der Waals surface area contributed by atoms with Gasteiger partial charge in [-0.25, -0.2) is 4.79 Å². The zero-order valence-electron chi connectivity index (χ0n) is 15.3. The molecule has 0 aliphatic rings. The zero-order chi connectivity index (χ0) is 18.1. The summed E-state index contributed by atoms with van der Waals surface area (Å²) in [6.45, 7) is 12.9. The third-order valence-corrected chi connectivity index (χ3v) is 4.53. The number of fused-ring (bicyclic) bond motifs is 1. The molecule has 4 heteroatoms. The van der Waals surface area contributed by atoms with E-state index in [2.05, 4.69) is 32.6 Å². The second-order valence-corrected chi connectivity index (χ2v) is 6.59. The van der Waals surface area contributed by atoms with Gasteiger partial charge in [-0.2, -0.15) is 0 Å². The summed E-state index contributed by atoms with van der Waals surface area (Å²) in [4.78, 5) is 12.8. The van der Waals surface area contributed by atoms with Crippen molar-refractivity contribution in [3.8, 4) is 5.75 Å². The number of nitrogens with zero attached hydrogens (tertiary/aromatic N) is 2. The third kappa shape index (κ3) is 3.25. The maximum atomic E-state index is 12.8. The van der Waals surface area contributed by atoms with Gasteiger partial charge in [0.25, 0.3) is 0 Å². The Morgan fingerprint density at radius 2 is 1.64 bits per heavy atom. The molecule has 3 rings (SSSR count). The van der Waals surface area contributed by atoms with Gasteiger partial charge in [0.05, 0.1) is 17.6 Å². The summed E-state index contributed by atoms with van der Waals surface area (Å²) in [6.07, 6.45) is 0. The minimum absolute atomic E-state index is 0.0694. The highest BCUT2D eigenvalue weighted by Crippen LogP contribution is 2.21. The lowest BCUT2D eigenvalue weighted by molar-refractivity contribution is 0.298. The van der Waals surface area contributed by atoms with E-state index in [0.717, 1.165) is 28.0 Å². The van der Waals surface area contributed by atoms with Crippen LogP contribution in [0.5, 0.6) is 5.75 Å². The van der Waals surface area contributed by atoms with E-state index in [0.29, 0.717) is 13.2 Å². The van der Waals surface area contributed by atoms with Gasteiger partial charge in [-0.1, -0.05) is 24.3 Å². The summed E-state index contributed by atoms with van der Waals surface area (Å²) >= 11 is 0. The number of benzene rings is 2. The molecule has 0 saturated carbocycles. The fourth-order valence-electron chi connectivity index (χ4n) is 2.98. The van der Waals surface area contributed by atoms with Gasteiger partial charge in [-0.15, -0.1) is 0 Å². The molecule has 0 spiro atoms. The van der Waals surface area contributed by atoms with Crippen LogP contribution in [0.4, 0.5) is 0 Å². The molecule has 0 bridgehead atoms. The Morgan fingerprint density at radius 1 is 1.04 bits per heavy atom. The molecule has 0 saturated heterocycles. The molecule has 0 fully saturated rings. The number of aromatic nitrogens is 2. The summed E-state index contributed by atoms with van der Waals surface area (Å²) in [5.41, 5.74) is 5.99. The van der Waals surface area contributed by atoms with Gasteiger partial charge in [-0.3, -0.25) is 9.13 Å². The molecule has 25 heavy (non-hydrogen) atoms. The summed E-state index contributed by atoms with van der Waals surface area (Å²) in [5, 5.41) is 0. The minimum atomic E-state index is -0.0694.